The number of alkyl halides is 3. The van der Waals surface area contributed by atoms with Crippen LogP contribution in [0.4, 0.5) is 13.2 Å². The Labute approximate surface area is 96.1 Å². The summed E-state index contributed by atoms with van der Waals surface area (Å²) in [7, 11) is 0. The van der Waals surface area contributed by atoms with Crippen molar-refractivity contribution >= 4 is 6.29 Å². The summed E-state index contributed by atoms with van der Waals surface area (Å²) in [5.41, 5.74) is -0.876. The highest BCUT2D eigenvalue weighted by molar-refractivity contribution is 5.76. The standard InChI is InChI=1S/C12H9F3O2/c13-12(14,15)11-6-9(3-1-2-4-16)5-10(7-11)8-17/h5-8,16H,2,4H2. The summed E-state index contributed by atoms with van der Waals surface area (Å²) < 4.78 is 37.4. The van der Waals surface area contributed by atoms with Gasteiger partial charge in [-0.2, -0.15) is 13.2 Å². The second kappa shape index (κ2) is 5.51. The van der Waals surface area contributed by atoms with E-state index in [2.05, 4.69) is 11.8 Å². The Hall–Kier alpha value is -1.80. The molecule has 1 rings (SSSR count). The van der Waals surface area contributed by atoms with Crippen LogP contribution in [-0.4, -0.2) is 18.0 Å². The Kier molecular flexibility index (Phi) is 4.30. The first-order valence-corrected chi connectivity index (χ1v) is 4.74. The molecular formula is C12H9F3O2. The van der Waals surface area contributed by atoms with Crippen LogP contribution in [0.5, 0.6) is 0 Å². The lowest BCUT2D eigenvalue weighted by Crippen LogP contribution is -2.06. The van der Waals surface area contributed by atoms with Crippen molar-refractivity contribution in [2.24, 2.45) is 0 Å². The molecule has 17 heavy (non-hydrogen) atoms. The maximum absolute atomic E-state index is 12.5. The molecule has 1 N–H and O–H groups in total. The first kappa shape index (κ1) is 13.3. The fourth-order valence-corrected chi connectivity index (χ4v) is 1.18. The van der Waals surface area contributed by atoms with E-state index in [1.165, 1.54) is 6.07 Å². The minimum absolute atomic E-state index is 0.0758. The molecule has 5 heteroatoms. The molecule has 90 valence electrons. The maximum atomic E-state index is 12.5. The highest BCUT2D eigenvalue weighted by atomic mass is 19.4. The van der Waals surface area contributed by atoms with Gasteiger partial charge < -0.3 is 5.11 Å². The number of hydrogen-bond donors (Lipinski definition) is 1. The van der Waals surface area contributed by atoms with Crippen molar-refractivity contribution in [2.45, 2.75) is 12.6 Å². The molecule has 0 saturated heterocycles. The van der Waals surface area contributed by atoms with Gasteiger partial charge in [-0.3, -0.25) is 4.79 Å². The van der Waals surface area contributed by atoms with E-state index in [0.29, 0.717) is 6.29 Å². The molecule has 1 aromatic carbocycles. The average molecular weight is 242 g/mol. The molecule has 0 radical (unpaired) electrons. The highest BCUT2D eigenvalue weighted by Crippen LogP contribution is 2.30. The van der Waals surface area contributed by atoms with Crippen molar-refractivity contribution in [3.05, 3.63) is 34.9 Å². The van der Waals surface area contributed by atoms with Gasteiger partial charge in [-0.15, -0.1) is 0 Å². The van der Waals surface area contributed by atoms with Gasteiger partial charge in [0.2, 0.25) is 0 Å². The van der Waals surface area contributed by atoms with Gasteiger partial charge in [0.15, 0.2) is 0 Å². The zero-order chi connectivity index (χ0) is 12.9. The number of carbonyl (C=O) groups is 1. The molecular weight excluding hydrogens is 233 g/mol. The lowest BCUT2D eigenvalue weighted by molar-refractivity contribution is -0.137. The van der Waals surface area contributed by atoms with Gasteiger partial charge >= 0.3 is 6.18 Å². The van der Waals surface area contributed by atoms with Gasteiger partial charge in [0.05, 0.1) is 12.2 Å². The lowest BCUT2D eigenvalue weighted by atomic mass is 10.1. The van der Waals surface area contributed by atoms with Crippen LogP contribution >= 0.6 is 0 Å². The summed E-state index contributed by atoms with van der Waals surface area (Å²) in [4.78, 5) is 10.5. The SMILES string of the molecule is O=Cc1cc(C#CCCO)cc(C(F)(F)F)c1. The number of aliphatic hydroxyl groups excluding tert-OH is 1. The molecule has 0 aliphatic carbocycles. The third-order valence-corrected chi connectivity index (χ3v) is 1.89. The molecule has 0 unspecified atom stereocenters. The largest absolute Gasteiger partial charge is 0.416 e. The molecule has 0 fully saturated rings. The summed E-state index contributed by atoms with van der Waals surface area (Å²) >= 11 is 0. The van der Waals surface area contributed by atoms with E-state index in [4.69, 9.17) is 5.11 Å². The molecule has 0 heterocycles. The van der Waals surface area contributed by atoms with E-state index in [0.717, 1.165) is 12.1 Å². The van der Waals surface area contributed by atoms with Crippen LogP contribution in [0, 0.1) is 11.8 Å². The van der Waals surface area contributed by atoms with Crippen molar-refractivity contribution in [1.82, 2.24) is 0 Å². The molecule has 0 atom stereocenters. The van der Waals surface area contributed by atoms with E-state index in [-0.39, 0.29) is 24.2 Å². The Morgan fingerprint density at radius 3 is 2.53 bits per heavy atom. The lowest BCUT2D eigenvalue weighted by Gasteiger charge is -2.07. The molecule has 0 bridgehead atoms. The number of benzene rings is 1. The number of hydrogen-bond acceptors (Lipinski definition) is 2. The van der Waals surface area contributed by atoms with E-state index in [1.807, 2.05) is 0 Å². The molecule has 0 aliphatic heterocycles. The van der Waals surface area contributed by atoms with Gasteiger partial charge in [0.1, 0.15) is 6.29 Å². The first-order valence-electron chi connectivity index (χ1n) is 4.74. The number of aldehydes is 1. The van der Waals surface area contributed by atoms with Crippen LogP contribution in [0.1, 0.15) is 27.9 Å². The van der Waals surface area contributed by atoms with Crippen LogP contribution in [0.25, 0.3) is 0 Å². The van der Waals surface area contributed by atoms with Gasteiger partial charge in [-0.05, 0) is 18.2 Å². The summed E-state index contributed by atoms with van der Waals surface area (Å²) in [6, 6.07) is 2.91. The number of rotatable bonds is 2. The van der Waals surface area contributed by atoms with E-state index >= 15 is 0 Å². The zero-order valence-corrected chi connectivity index (χ0v) is 8.71. The number of aliphatic hydroxyl groups is 1. The summed E-state index contributed by atoms with van der Waals surface area (Å²) in [5.74, 6) is 4.96. The van der Waals surface area contributed by atoms with Crippen LogP contribution in [-0.2, 0) is 6.18 Å². The molecule has 0 saturated carbocycles. The van der Waals surface area contributed by atoms with E-state index < -0.39 is 11.7 Å². The normalized spacial score (nSPS) is 10.6. The second-order valence-electron chi connectivity index (χ2n) is 3.23. The minimum atomic E-state index is -4.51. The quantitative estimate of drug-likeness (QED) is 0.638. The van der Waals surface area contributed by atoms with Crippen LogP contribution < -0.4 is 0 Å². The van der Waals surface area contributed by atoms with Gasteiger partial charge in [-0.1, -0.05) is 11.8 Å². The number of carbonyl (C=O) groups excluding carboxylic acids is 1. The van der Waals surface area contributed by atoms with Crippen LogP contribution in [0.2, 0.25) is 0 Å². The third kappa shape index (κ3) is 3.93. The molecule has 0 aliphatic rings. The predicted molar refractivity (Wildman–Crippen MR) is 55.4 cm³/mol. The van der Waals surface area contributed by atoms with Crippen molar-refractivity contribution in [2.75, 3.05) is 6.61 Å². The monoisotopic (exact) mass is 242 g/mol. The van der Waals surface area contributed by atoms with E-state index in [9.17, 15) is 18.0 Å². The fourth-order valence-electron chi connectivity index (χ4n) is 1.18. The van der Waals surface area contributed by atoms with Crippen molar-refractivity contribution in [3.63, 3.8) is 0 Å². The van der Waals surface area contributed by atoms with Crippen molar-refractivity contribution in [3.8, 4) is 11.8 Å². The molecule has 1 aromatic rings. The van der Waals surface area contributed by atoms with Gasteiger partial charge in [-0.25, -0.2) is 0 Å². The van der Waals surface area contributed by atoms with E-state index in [1.54, 1.807) is 0 Å². The summed E-state index contributed by atoms with van der Waals surface area (Å²) in [6.07, 6.45) is -3.99. The Morgan fingerprint density at radius 2 is 2.00 bits per heavy atom. The molecule has 0 spiro atoms. The first-order chi connectivity index (χ1) is 7.97. The molecule has 0 aromatic heterocycles. The zero-order valence-electron chi connectivity index (χ0n) is 8.71. The maximum Gasteiger partial charge on any atom is 0.416 e. The summed E-state index contributed by atoms with van der Waals surface area (Å²) in [6.45, 7) is -0.160. The van der Waals surface area contributed by atoms with Crippen molar-refractivity contribution < 1.29 is 23.1 Å². The Balaban J connectivity index is 3.16. The highest BCUT2D eigenvalue weighted by Gasteiger charge is 2.31. The Morgan fingerprint density at radius 1 is 1.29 bits per heavy atom. The predicted octanol–water partition coefficient (Wildman–Crippen LogP) is 2.25. The van der Waals surface area contributed by atoms with Crippen LogP contribution in [0.3, 0.4) is 0 Å². The fraction of sp³-hybridized carbons (Fsp3) is 0.250. The minimum Gasteiger partial charge on any atom is -0.395 e. The molecule has 0 amide bonds. The molecule has 2 nitrogen and oxygen atoms in total. The third-order valence-electron chi connectivity index (χ3n) is 1.89. The topological polar surface area (TPSA) is 37.3 Å². The summed E-state index contributed by atoms with van der Waals surface area (Å²) in [5, 5.41) is 8.49. The second-order valence-corrected chi connectivity index (χ2v) is 3.23. The number of halogens is 3. The van der Waals surface area contributed by atoms with Gasteiger partial charge in [0, 0.05) is 17.5 Å². The average Bonchev–Trinajstić information content (AvgIpc) is 2.28. The van der Waals surface area contributed by atoms with Crippen molar-refractivity contribution in [1.29, 1.82) is 0 Å². The Bertz CT molecular complexity index is 467. The van der Waals surface area contributed by atoms with Gasteiger partial charge in [0.25, 0.3) is 0 Å². The smallest absolute Gasteiger partial charge is 0.395 e. The van der Waals surface area contributed by atoms with Crippen LogP contribution in [0.15, 0.2) is 18.2 Å².